The average Bonchev–Trinajstić information content (AvgIpc) is 2.25. The highest BCUT2D eigenvalue weighted by molar-refractivity contribution is 5.46. The van der Waals surface area contributed by atoms with Crippen LogP contribution in [-0.4, -0.2) is 30.9 Å². The lowest BCUT2D eigenvalue weighted by Crippen LogP contribution is -2.38. The first-order valence-corrected chi connectivity index (χ1v) is 5.12. The molecule has 4 heteroatoms. The van der Waals surface area contributed by atoms with Crippen LogP contribution in [0.25, 0.3) is 0 Å². The smallest absolute Gasteiger partial charge is 0.165 e. The van der Waals surface area contributed by atoms with Crippen LogP contribution in [0.3, 0.4) is 0 Å². The number of hydrogen-bond acceptors (Lipinski definition) is 4. The lowest BCUT2D eigenvalue weighted by molar-refractivity contribution is 0.0905. The molecule has 4 nitrogen and oxygen atoms in total. The Labute approximate surface area is 88.8 Å². The summed E-state index contributed by atoms with van der Waals surface area (Å²) in [5, 5.41) is 12.5. The average molecular weight is 209 g/mol. The molecule has 0 amide bonds. The SMILES string of the molecule is CCNCC1COc2ccc(O)cc2O1. The van der Waals surface area contributed by atoms with E-state index in [1.165, 1.54) is 0 Å². The predicted molar refractivity (Wildman–Crippen MR) is 56.6 cm³/mol. The Kier molecular flexibility index (Phi) is 2.97. The molecule has 82 valence electrons. The number of likely N-dealkylation sites (N-methyl/N-ethyl adjacent to an activating group) is 1. The van der Waals surface area contributed by atoms with E-state index in [9.17, 15) is 5.11 Å². The maximum Gasteiger partial charge on any atom is 0.165 e. The maximum atomic E-state index is 9.30. The van der Waals surface area contributed by atoms with Gasteiger partial charge in [-0.3, -0.25) is 0 Å². The van der Waals surface area contributed by atoms with Crippen LogP contribution < -0.4 is 14.8 Å². The molecule has 0 saturated carbocycles. The molecule has 1 heterocycles. The van der Waals surface area contributed by atoms with E-state index in [2.05, 4.69) is 5.32 Å². The number of hydrogen-bond donors (Lipinski definition) is 2. The summed E-state index contributed by atoms with van der Waals surface area (Å²) in [6.07, 6.45) is 0.0132. The van der Waals surface area contributed by atoms with Crippen molar-refractivity contribution in [2.45, 2.75) is 13.0 Å². The van der Waals surface area contributed by atoms with Gasteiger partial charge in [-0.05, 0) is 18.7 Å². The van der Waals surface area contributed by atoms with Crippen LogP contribution in [0.15, 0.2) is 18.2 Å². The van der Waals surface area contributed by atoms with Gasteiger partial charge in [0, 0.05) is 12.6 Å². The van der Waals surface area contributed by atoms with Gasteiger partial charge in [0.25, 0.3) is 0 Å². The molecule has 1 atom stereocenters. The highest BCUT2D eigenvalue weighted by Crippen LogP contribution is 2.34. The van der Waals surface area contributed by atoms with Crippen LogP contribution in [0.2, 0.25) is 0 Å². The number of benzene rings is 1. The zero-order valence-electron chi connectivity index (χ0n) is 8.69. The van der Waals surface area contributed by atoms with Crippen molar-refractivity contribution in [3.8, 4) is 17.2 Å². The molecule has 0 bridgehead atoms. The lowest BCUT2D eigenvalue weighted by atomic mass is 10.2. The molecule has 15 heavy (non-hydrogen) atoms. The Bertz CT molecular complexity index is 341. The van der Waals surface area contributed by atoms with Crippen LogP contribution in [0, 0.1) is 0 Å². The van der Waals surface area contributed by atoms with Gasteiger partial charge >= 0.3 is 0 Å². The quantitative estimate of drug-likeness (QED) is 0.783. The standard InChI is InChI=1S/C11H15NO3/c1-2-12-6-9-7-14-10-4-3-8(13)5-11(10)15-9/h3-5,9,12-13H,2,6-7H2,1H3. The predicted octanol–water partition coefficient (Wildman–Crippen LogP) is 1.14. The third-order valence-electron chi connectivity index (χ3n) is 2.27. The summed E-state index contributed by atoms with van der Waals surface area (Å²) in [7, 11) is 0. The number of phenols is 1. The van der Waals surface area contributed by atoms with Gasteiger partial charge < -0.3 is 19.9 Å². The molecule has 0 aliphatic carbocycles. The molecule has 1 aromatic carbocycles. The Balaban J connectivity index is 2.05. The topological polar surface area (TPSA) is 50.7 Å². The number of rotatable bonds is 3. The number of aromatic hydroxyl groups is 1. The molecule has 1 unspecified atom stereocenters. The van der Waals surface area contributed by atoms with Gasteiger partial charge in [0.1, 0.15) is 18.5 Å². The van der Waals surface area contributed by atoms with Gasteiger partial charge in [-0.2, -0.15) is 0 Å². The Morgan fingerprint density at radius 3 is 3.13 bits per heavy atom. The van der Waals surface area contributed by atoms with E-state index in [-0.39, 0.29) is 11.9 Å². The normalized spacial score (nSPS) is 18.9. The molecule has 0 spiro atoms. The van der Waals surface area contributed by atoms with Crippen molar-refractivity contribution in [1.82, 2.24) is 5.32 Å². The van der Waals surface area contributed by atoms with Gasteiger partial charge in [-0.15, -0.1) is 0 Å². The first-order valence-electron chi connectivity index (χ1n) is 5.12. The fourth-order valence-corrected chi connectivity index (χ4v) is 1.51. The first kappa shape index (κ1) is 10.1. The summed E-state index contributed by atoms with van der Waals surface area (Å²) in [5.41, 5.74) is 0. The lowest BCUT2D eigenvalue weighted by Gasteiger charge is -2.26. The summed E-state index contributed by atoms with van der Waals surface area (Å²) < 4.78 is 11.2. The van der Waals surface area contributed by atoms with Gasteiger partial charge in [-0.1, -0.05) is 6.92 Å². The molecule has 1 aliphatic rings. The van der Waals surface area contributed by atoms with E-state index in [1.54, 1.807) is 18.2 Å². The van der Waals surface area contributed by atoms with Crippen LogP contribution >= 0.6 is 0 Å². The highest BCUT2D eigenvalue weighted by Gasteiger charge is 2.20. The van der Waals surface area contributed by atoms with Crippen molar-refractivity contribution >= 4 is 0 Å². The van der Waals surface area contributed by atoms with E-state index in [0.717, 1.165) is 13.1 Å². The summed E-state index contributed by atoms with van der Waals surface area (Å²) in [5.74, 6) is 1.51. The minimum atomic E-state index is 0.0132. The highest BCUT2D eigenvalue weighted by atomic mass is 16.6. The second kappa shape index (κ2) is 4.40. The van der Waals surface area contributed by atoms with Crippen molar-refractivity contribution in [3.63, 3.8) is 0 Å². The van der Waals surface area contributed by atoms with Gasteiger partial charge in [0.05, 0.1) is 0 Å². The fraction of sp³-hybridized carbons (Fsp3) is 0.455. The third kappa shape index (κ3) is 2.33. The van der Waals surface area contributed by atoms with Crippen molar-refractivity contribution in [2.75, 3.05) is 19.7 Å². The molecule has 1 aliphatic heterocycles. The van der Waals surface area contributed by atoms with E-state index >= 15 is 0 Å². The second-order valence-electron chi connectivity index (χ2n) is 3.49. The number of ether oxygens (including phenoxy) is 2. The zero-order chi connectivity index (χ0) is 10.7. The van der Waals surface area contributed by atoms with Crippen molar-refractivity contribution < 1.29 is 14.6 Å². The molecule has 2 rings (SSSR count). The van der Waals surface area contributed by atoms with E-state index in [4.69, 9.17) is 9.47 Å². The Hall–Kier alpha value is -1.42. The van der Waals surface area contributed by atoms with Crippen molar-refractivity contribution in [1.29, 1.82) is 0 Å². The van der Waals surface area contributed by atoms with Gasteiger partial charge in [-0.25, -0.2) is 0 Å². The molecule has 0 fully saturated rings. The second-order valence-corrected chi connectivity index (χ2v) is 3.49. The van der Waals surface area contributed by atoms with Crippen LogP contribution in [0.4, 0.5) is 0 Å². The monoisotopic (exact) mass is 209 g/mol. The molecule has 1 aromatic rings. The van der Waals surface area contributed by atoms with Crippen molar-refractivity contribution in [2.24, 2.45) is 0 Å². The maximum absolute atomic E-state index is 9.30. The number of nitrogens with one attached hydrogen (secondary N) is 1. The summed E-state index contributed by atoms with van der Waals surface area (Å²) in [6.45, 7) is 4.26. The molecule has 0 saturated heterocycles. The van der Waals surface area contributed by atoms with E-state index < -0.39 is 0 Å². The largest absolute Gasteiger partial charge is 0.508 e. The molecule has 0 radical (unpaired) electrons. The molecule has 2 N–H and O–H groups in total. The molecular weight excluding hydrogens is 194 g/mol. The van der Waals surface area contributed by atoms with E-state index in [0.29, 0.717) is 18.1 Å². The Morgan fingerprint density at radius 1 is 1.47 bits per heavy atom. The zero-order valence-corrected chi connectivity index (χ0v) is 8.69. The van der Waals surface area contributed by atoms with Crippen molar-refractivity contribution in [3.05, 3.63) is 18.2 Å². The molecule has 0 aromatic heterocycles. The van der Waals surface area contributed by atoms with Gasteiger partial charge in [0.15, 0.2) is 11.5 Å². The minimum absolute atomic E-state index is 0.0132. The van der Waals surface area contributed by atoms with Crippen LogP contribution in [0.5, 0.6) is 17.2 Å². The number of phenolic OH excluding ortho intramolecular Hbond substituents is 1. The Morgan fingerprint density at radius 2 is 2.33 bits per heavy atom. The third-order valence-corrected chi connectivity index (χ3v) is 2.27. The first-order chi connectivity index (χ1) is 7.29. The summed E-state index contributed by atoms with van der Waals surface area (Å²) >= 11 is 0. The van der Waals surface area contributed by atoms with Gasteiger partial charge in [0.2, 0.25) is 0 Å². The van der Waals surface area contributed by atoms with Crippen LogP contribution in [0.1, 0.15) is 6.92 Å². The summed E-state index contributed by atoms with van der Waals surface area (Å²) in [4.78, 5) is 0. The van der Waals surface area contributed by atoms with E-state index in [1.807, 2.05) is 6.92 Å². The fourth-order valence-electron chi connectivity index (χ4n) is 1.51. The summed E-state index contributed by atoms with van der Waals surface area (Å²) in [6, 6.07) is 4.88. The number of fused-ring (bicyclic) bond motifs is 1. The van der Waals surface area contributed by atoms with Crippen LogP contribution in [-0.2, 0) is 0 Å². The molecular formula is C11H15NO3. The minimum Gasteiger partial charge on any atom is -0.508 e.